The van der Waals surface area contributed by atoms with E-state index >= 15 is 0 Å². The Kier molecular flexibility index (Phi) is 5.51. The number of hydrogen-bond donors (Lipinski definition) is 1. The van der Waals surface area contributed by atoms with Crippen LogP contribution in [0.3, 0.4) is 0 Å². The Bertz CT molecular complexity index is 1310. The standard InChI is InChI=1S/C28H28N4S/c1-18-13-14-19(2)25(16-18)31-20(3)17-23(21(31)4)27-26(24-12-8-9-15-29-24)30-28(33)32(27)22-10-6-5-7-11-22/h5-17,26-27H,1-4H3,(H,30,33)/t26-,27+/m0/s1. The van der Waals surface area contributed by atoms with Crippen molar-refractivity contribution in [3.8, 4) is 5.69 Å². The molecule has 0 saturated carbocycles. The van der Waals surface area contributed by atoms with Crippen molar-refractivity contribution in [3.05, 3.63) is 113 Å². The summed E-state index contributed by atoms with van der Waals surface area (Å²) < 4.78 is 2.37. The quantitative estimate of drug-likeness (QED) is 0.369. The number of hydrogen-bond acceptors (Lipinski definition) is 2. The van der Waals surface area contributed by atoms with Crippen molar-refractivity contribution in [2.75, 3.05) is 4.90 Å². The maximum atomic E-state index is 5.87. The third-order valence-corrected chi connectivity index (χ3v) is 6.84. The summed E-state index contributed by atoms with van der Waals surface area (Å²) in [6.07, 6.45) is 1.85. The molecule has 33 heavy (non-hydrogen) atoms. The first-order valence-corrected chi connectivity index (χ1v) is 11.7. The van der Waals surface area contributed by atoms with Crippen LogP contribution in [-0.2, 0) is 0 Å². The summed E-state index contributed by atoms with van der Waals surface area (Å²) in [4.78, 5) is 6.93. The van der Waals surface area contributed by atoms with Crippen LogP contribution in [0.25, 0.3) is 5.69 Å². The number of aromatic nitrogens is 2. The lowest BCUT2D eigenvalue weighted by Crippen LogP contribution is -2.29. The molecule has 1 N–H and O–H groups in total. The highest BCUT2D eigenvalue weighted by atomic mass is 32.1. The Hall–Kier alpha value is -3.44. The van der Waals surface area contributed by atoms with Gasteiger partial charge in [0.2, 0.25) is 0 Å². The van der Waals surface area contributed by atoms with Crippen molar-refractivity contribution >= 4 is 23.0 Å². The fourth-order valence-electron chi connectivity index (χ4n) is 4.96. The second-order valence-corrected chi connectivity index (χ2v) is 9.17. The van der Waals surface area contributed by atoms with Crippen LogP contribution in [0.2, 0.25) is 0 Å². The molecule has 5 rings (SSSR count). The van der Waals surface area contributed by atoms with Crippen LogP contribution in [-0.4, -0.2) is 14.7 Å². The molecule has 166 valence electrons. The topological polar surface area (TPSA) is 33.1 Å². The van der Waals surface area contributed by atoms with Gasteiger partial charge < -0.3 is 14.8 Å². The zero-order valence-corrected chi connectivity index (χ0v) is 20.2. The molecule has 1 fully saturated rings. The van der Waals surface area contributed by atoms with E-state index in [2.05, 4.69) is 102 Å². The van der Waals surface area contributed by atoms with E-state index < -0.39 is 0 Å². The zero-order valence-electron chi connectivity index (χ0n) is 19.4. The Morgan fingerprint density at radius 2 is 1.64 bits per heavy atom. The summed E-state index contributed by atoms with van der Waals surface area (Å²) in [6, 6.07) is 25.3. The van der Waals surface area contributed by atoms with Gasteiger partial charge in [-0.3, -0.25) is 4.98 Å². The number of nitrogens with zero attached hydrogens (tertiary/aromatic N) is 3. The lowest BCUT2D eigenvalue weighted by molar-refractivity contribution is 0.565. The van der Waals surface area contributed by atoms with Crippen LogP contribution in [0.4, 0.5) is 5.69 Å². The van der Waals surface area contributed by atoms with E-state index in [4.69, 9.17) is 12.2 Å². The van der Waals surface area contributed by atoms with E-state index in [9.17, 15) is 0 Å². The van der Waals surface area contributed by atoms with Crippen LogP contribution in [0, 0.1) is 27.7 Å². The van der Waals surface area contributed by atoms with Crippen molar-refractivity contribution in [2.24, 2.45) is 0 Å². The molecule has 3 heterocycles. The number of nitrogens with one attached hydrogen (secondary N) is 1. The number of aryl methyl sites for hydroxylation is 3. The van der Waals surface area contributed by atoms with E-state index in [1.54, 1.807) is 0 Å². The van der Waals surface area contributed by atoms with Gasteiger partial charge >= 0.3 is 0 Å². The van der Waals surface area contributed by atoms with Gasteiger partial charge in [-0.2, -0.15) is 0 Å². The second-order valence-electron chi connectivity index (χ2n) is 8.78. The molecule has 1 saturated heterocycles. The molecule has 0 spiro atoms. The predicted octanol–water partition coefficient (Wildman–Crippen LogP) is 6.28. The molecule has 1 aliphatic rings. The van der Waals surface area contributed by atoms with E-state index in [1.165, 1.54) is 33.8 Å². The van der Waals surface area contributed by atoms with E-state index in [1.807, 2.05) is 24.4 Å². The third kappa shape index (κ3) is 3.72. The zero-order chi connectivity index (χ0) is 23.1. The fourth-order valence-corrected chi connectivity index (χ4v) is 5.30. The molecular weight excluding hydrogens is 424 g/mol. The summed E-state index contributed by atoms with van der Waals surface area (Å²) in [5.74, 6) is 0. The van der Waals surface area contributed by atoms with Crippen LogP contribution in [0.1, 0.15) is 45.9 Å². The normalized spacial score (nSPS) is 17.9. The van der Waals surface area contributed by atoms with Gasteiger partial charge in [-0.25, -0.2) is 0 Å². The first-order chi connectivity index (χ1) is 16.0. The van der Waals surface area contributed by atoms with Gasteiger partial charge in [0, 0.05) is 29.0 Å². The van der Waals surface area contributed by atoms with Crippen LogP contribution in [0.15, 0.2) is 79.0 Å². The first kappa shape index (κ1) is 21.4. The van der Waals surface area contributed by atoms with Crippen molar-refractivity contribution in [1.29, 1.82) is 0 Å². The average Bonchev–Trinajstić information content (AvgIpc) is 3.32. The third-order valence-electron chi connectivity index (χ3n) is 6.53. The average molecular weight is 453 g/mol. The van der Waals surface area contributed by atoms with Gasteiger partial charge in [0.1, 0.15) is 0 Å². The molecule has 0 aliphatic carbocycles. The lowest BCUT2D eigenvalue weighted by Gasteiger charge is -2.28. The highest BCUT2D eigenvalue weighted by Crippen LogP contribution is 2.43. The maximum absolute atomic E-state index is 5.87. The number of pyridine rings is 1. The van der Waals surface area contributed by atoms with E-state index in [-0.39, 0.29) is 12.1 Å². The van der Waals surface area contributed by atoms with Gasteiger partial charge in [-0.1, -0.05) is 36.4 Å². The highest BCUT2D eigenvalue weighted by Gasteiger charge is 2.42. The van der Waals surface area contributed by atoms with Gasteiger partial charge in [0.25, 0.3) is 0 Å². The minimum atomic E-state index is -0.0496. The maximum Gasteiger partial charge on any atom is 0.174 e. The molecule has 2 aromatic carbocycles. The molecule has 0 radical (unpaired) electrons. The largest absolute Gasteiger partial charge is 0.351 e. The molecule has 1 aliphatic heterocycles. The fraction of sp³-hybridized carbons (Fsp3) is 0.214. The summed E-state index contributed by atoms with van der Waals surface area (Å²) in [5, 5.41) is 4.29. The molecular formula is C28H28N4S. The van der Waals surface area contributed by atoms with Crippen LogP contribution >= 0.6 is 12.2 Å². The van der Waals surface area contributed by atoms with Crippen molar-refractivity contribution < 1.29 is 0 Å². The molecule has 2 atom stereocenters. The van der Waals surface area contributed by atoms with E-state index in [0.717, 1.165) is 16.5 Å². The highest BCUT2D eigenvalue weighted by molar-refractivity contribution is 7.80. The van der Waals surface area contributed by atoms with Gasteiger partial charge in [0.05, 0.1) is 17.8 Å². The Balaban J connectivity index is 1.70. The number of anilines is 1. The number of benzene rings is 2. The minimum absolute atomic E-state index is 0.0140. The number of thiocarbonyl (C=S) groups is 1. The van der Waals surface area contributed by atoms with Gasteiger partial charge in [0.15, 0.2) is 5.11 Å². The number of rotatable bonds is 4. The molecule has 0 unspecified atom stereocenters. The summed E-state index contributed by atoms with van der Waals surface area (Å²) in [7, 11) is 0. The van der Waals surface area contributed by atoms with Crippen molar-refractivity contribution in [2.45, 2.75) is 39.8 Å². The smallest absolute Gasteiger partial charge is 0.174 e. The second kappa shape index (κ2) is 8.49. The molecule has 4 aromatic rings. The summed E-state index contributed by atoms with van der Waals surface area (Å²) in [5.41, 5.74) is 9.49. The molecule has 0 amide bonds. The molecule has 0 bridgehead atoms. The monoisotopic (exact) mass is 452 g/mol. The SMILES string of the molecule is Cc1ccc(C)c(-n2c(C)cc([C@@H]3[C@H](c4ccccn4)NC(=S)N3c3ccccc3)c2C)c1. The summed E-state index contributed by atoms with van der Waals surface area (Å²) >= 11 is 5.87. The summed E-state index contributed by atoms with van der Waals surface area (Å²) in [6.45, 7) is 8.71. The Morgan fingerprint density at radius 3 is 2.36 bits per heavy atom. The van der Waals surface area contributed by atoms with Gasteiger partial charge in [-0.15, -0.1) is 0 Å². The molecule has 5 heteroatoms. The lowest BCUT2D eigenvalue weighted by atomic mass is 9.96. The van der Waals surface area contributed by atoms with Crippen LogP contribution in [0.5, 0.6) is 0 Å². The van der Waals surface area contributed by atoms with E-state index in [0.29, 0.717) is 0 Å². The van der Waals surface area contributed by atoms with Crippen molar-refractivity contribution in [3.63, 3.8) is 0 Å². The van der Waals surface area contributed by atoms with Crippen molar-refractivity contribution in [1.82, 2.24) is 14.9 Å². The Morgan fingerprint density at radius 1 is 0.879 bits per heavy atom. The van der Waals surface area contributed by atoms with Gasteiger partial charge in [-0.05, 0) is 93.0 Å². The molecule has 2 aromatic heterocycles. The molecule has 4 nitrogen and oxygen atoms in total. The predicted molar refractivity (Wildman–Crippen MR) is 139 cm³/mol. The number of para-hydroxylation sites is 1. The first-order valence-electron chi connectivity index (χ1n) is 11.3. The Labute approximate surface area is 200 Å². The minimum Gasteiger partial charge on any atom is -0.351 e. The van der Waals surface area contributed by atoms with Crippen LogP contribution < -0.4 is 10.2 Å².